The average molecular weight is 305 g/mol. The summed E-state index contributed by atoms with van der Waals surface area (Å²) in [5, 5.41) is 10.6. The van der Waals surface area contributed by atoms with Crippen molar-refractivity contribution < 1.29 is 13.5 Å². The van der Waals surface area contributed by atoms with Crippen LogP contribution in [0.1, 0.15) is 44.9 Å². The second-order valence-electron chi connectivity index (χ2n) is 4.82. The van der Waals surface area contributed by atoms with Gasteiger partial charge in [-0.2, -0.15) is 4.31 Å². The second-order valence-corrected chi connectivity index (χ2v) is 7.71. The topological polar surface area (TPSA) is 57.6 Å². The Morgan fingerprint density at radius 1 is 1.37 bits per heavy atom. The van der Waals surface area contributed by atoms with E-state index >= 15 is 0 Å². The Hall–Kier alpha value is -0.430. The largest absolute Gasteiger partial charge is 0.391 e. The third-order valence-corrected chi connectivity index (χ3v) is 6.07. The predicted octanol–water partition coefficient (Wildman–Crippen LogP) is 2.83. The van der Waals surface area contributed by atoms with Gasteiger partial charge < -0.3 is 5.11 Å². The zero-order valence-corrected chi connectivity index (χ0v) is 13.4. The van der Waals surface area contributed by atoms with Gasteiger partial charge in [-0.1, -0.05) is 19.8 Å². The van der Waals surface area contributed by atoms with Gasteiger partial charge in [0.25, 0.3) is 0 Å². The molecule has 0 radical (unpaired) electrons. The van der Waals surface area contributed by atoms with Crippen LogP contribution in [0.3, 0.4) is 0 Å². The molecule has 0 amide bonds. The third kappa shape index (κ3) is 4.27. The summed E-state index contributed by atoms with van der Waals surface area (Å²) in [7, 11) is -3.44. The molecular formula is C13H23NO3S2. The molecule has 0 aliphatic carbocycles. The number of aliphatic hydroxyl groups is 1. The van der Waals surface area contributed by atoms with Gasteiger partial charge in [-0.25, -0.2) is 8.42 Å². The lowest BCUT2D eigenvalue weighted by Crippen LogP contribution is -2.37. The molecular weight excluding hydrogens is 282 g/mol. The molecule has 6 heteroatoms. The Morgan fingerprint density at radius 2 is 2.05 bits per heavy atom. The summed E-state index contributed by atoms with van der Waals surface area (Å²) >= 11 is 1.28. The summed E-state index contributed by atoms with van der Waals surface area (Å²) in [5.74, 6) is 0. The molecule has 0 spiro atoms. The summed E-state index contributed by atoms with van der Waals surface area (Å²) < 4.78 is 26.6. The van der Waals surface area contributed by atoms with Gasteiger partial charge >= 0.3 is 0 Å². The van der Waals surface area contributed by atoms with E-state index in [0.29, 0.717) is 16.3 Å². The van der Waals surface area contributed by atoms with Crippen LogP contribution < -0.4 is 0 Å². The van der Waals surface area contributed by atoms with Crippen LogP contribution in [-0.2, 0) is 16.6 Å². The van der Waals surface area contributed by atoms with Crippen LogP contribution in [0.15, 0.2) is 16.3 Å². The van der Waals surface area contributed by atoms with E-state index in [2.05, 4.69) is 6.92 Å². The molecule has 1 aromatic rings. The van der Waals surface area contributed by atoms with Gasteiger partial charge in [0.1, 0.15) is 0 Å². The van der Waals surface area contributed by atoms with E-state index in [4.69, 9.17) is 5.11 Å². The van der Waals surface area contributed by atoms with E-state index < -0.39 is 10.0 Å². The summed E-state index contributed by atoms with van der Waals surface area (Å²) in [6.45, 7) is 6.32. The highest BCUT2D eigenvalue weighted by Gasteiger charge is 2.27. The number of nitrogens with zero attached hydrogens (tertiary/aromatic N) is 1. The van der Waals surface area contributed by atoms with E-state index in [1.807, 2.05) is 13.8 Å². The fraction of sp³-hybridized carbons (Fsp3) is 0.692. The predicted molar refractivity (Wildman–Crippen MR) is 78.8 cm³/mol. The van der Waals surface area contributed by atoms with Crippen LogP contribution in [-0.4, -0.2) is 30.4 Å². The molecule has 0 saturated carbocycles. The minimum absolute atomic E-state index is 0.0562. The zero-order chi connectivity index (χ0) is 14.5. The van der Waals surface area contributed by atoms with Crippen LogP contribution in [0.2, 0.25) is 0 Å². The quantitative estimate of drug-likeness (QED) is 0.751. The van der Waals surface area contributed by atoms with Crippen molar-refractivity contribution in [2.45, 2.75) is 57.6 Å². The first-order valence-corrected chi connectivity index (χ1v) is 8.95. The molecule has 0 unspecified atom stereocenters. The van der Waals surface area contributed by atoms with Gasteiger partial charge in [-0.15, -0.1) is 11.3 Å². The molecule has 0 aliphatic rings. The van der Waals surface area contributed by atoms with Crippen LogP contribution in [0.25, 0.3) is 0 Å². The summed E-state index contributed by atoms with van der Waals surface area (Å²) in [4.78, 5) is 0.975. The molecule has 0 saturated heterocycles. The SMILES string of the molecule is CCCCCN(C(C)C)S(=O)(=O)c1csc(CO)c1. The lowest BCUT2D eigenvalue weighted by Gasteiger charge is -2.25. The van der Waals surface area contributed by atoms with Crippen molar-refractivity contribution in [3.8, 4) is 0 Å². The van der Waals surface area contributed by atoms with Gasteiger partial charge in [0, 0.05) is 22.8 Å². The fourth-order valence-corrected chi connectivity index (χ4v) is 4.68. The van der Waals surface area contributed by atoms with Gasteiger partial charge in [0.05, 0.1) is 11.5 Å². The van der Waals surface area contributed by atoms with E-state index in [1.165, 1.54) is 11.3 Å². The first kappa shape index (κ1) is 16.6. The van der Waals surface area contributed by atoms with Gasteiger partial charge in [-0.05, 0) is 26.3 Å². The lowest BCUT2D eigenvalue weighted by molar-refractivity contribution is 0.285. The van der Waals surface area contributed by atoms with Crippen molar-refractivity contribution in [3.05, 3.63) is 16.3 Å². The van der Waals surface area contributed by atoms with Crippen molar-refractivity contribution in [2.75, 3.05) is 6.54 Å². The molecule has 1 N–H and O–H groups in total. The summed E-state index contributed by atoms with van der Waals surface area (Å²) in [5.41, 5.74) is 0. The fourth-order valence-electron chi connectivity index (χ4n) is 1.89. The molecule has 0 aliphatic heterocycles. The number of sulfonamides is 1. The normalized spacial score (nSPS) is 12.5. The van der Waals surface area contributed by atoms with E-state index in [0.717, 1.165) is 19.3 Å². The third-order valence-electron chi connectivity index (χ3n) is 2.95. The van der Waals surface area contributed by atoms with Gasteiger partial charge in [0.15, 0.2) is 0 Å². The van der Waals surface area contributed by atoms with Gasteiger partial charge in [-0.3, -0.25) is 0 Å². The Kier molecular flexibility index (Phi) is 6.46. The average Bonchev–Trinajstić information content (AvgIpc) is 2.83. The summed E-state index contributed by atoms with van der Waals surface area (Å²) in [6, 6.07) is 1.51. The maximum absolute atomic E-state index is 12.5. The van der Waals surface area contributed by atoms with Crippen molar-refractivity contribution >= 4 is 21.4 Å². The van der Waals surface area contributed by atoms with Crippen molar-refractivity contribution in [1.82, 2.24) is 4.31 Å². The molecule has 0 bridgehead atoms. The number of rotatable bonds is 8. The Bertz CT molecular complexity index is 480. The lowest BCUT2D eigenvalue weighted by atomic mass is 10.2. The molecule has 0 fully saturated rings. The van der Waals surface area contributed by atoms with Gasteiger partial charge in [0.2, 0.25) is 10.0 Å². The monoisotopic (exact) mass is 305 g/mol. The Labute approximate surface area is 120 Å². The molecule has 19 heavy (non-hydrogen) atoms. The molecule has 0 atom stereocenters. The van der Waals surface area contributed by atoms with Crippen LogP contribution in [0, 0.1) is 0 Å². The smallest absolute Gasteiger partial charge is 0.244 e. The zero-order valence-electron chi connectivity index (χ0n) is 11.8. The van der Waals surface area contributed by atoms with E-state index in [9.17, 15) is 8.42 Å². The van der Waals surface area contributed by atoms with Crippen LogP contribution in [0.4, 0.5) is 0 Å². The molecule has 110 valence electrons. The standard InChI is InChI=1S/C13H23NO3S2/c1-4-5-6-7-14(11(2)3)19(16,17)13-8-12(9-15)18-10-13/h8,10-11,15H,4-7,9H2,1-3H3. The highest BCUT2D eigenvalue weighted by atomic mass is 32.2. The highest BCUT2D eigenvalue weighted by Crippen LogP contribution is 2.24. The molecule has 0 aromatic carbocycles. The number of thiophene rings is 1. The molecule has 1 heterocycles. The second kappa shape index (κ2) is 7.38. The Morgan fingerprint density at radius 3 is 2.53 bits per heavy atom. The number of aliphatic hydroxyl groups excluding tert-OH is 1. The molecule has 1 rings (SSSR count). The first-order chi connectivity index (χ1) is 8.93. The summed E-state index contributed by atoms with van der Waals surface area (Å²) in [6.07, 6.45) is 2.98. The molecule has 4 nitrogen and oxygen atoms in total. The van der Waals surface area contributed by atoms with Crippen molar-refractivity contribution in [1.29, 1.82) is 0 Å². The van der Waals surface area contributed by atoms with E-state index in [1.54, 1.807) is 15.8 Å². The minimum Gasteiger partial charge on any atom is -0.391 e. The molecule has 1 aromatic heterocycles. The minimum atomic E-state index is -3.44. The first-order valence-electron chi connectivity index (χ1n) is 6.63. The van der Waals surface area contributed by atoms with Crippen molar-refractivity contribution in [2.24, 2.45) is 0 Å². The van der Waals surface area contributed by atoms with Crippen LogP contribution >= 0.6 is 11.3 Å². The van der Waals surface area contributed by atoms with Crippen LogP contribution in [0.5, 0.6) is 0 Å². The number of unbranched alkanes of at least 4 members (excludes halogenated alkanes) is 2. The maximum Gasteiger partial charge on any atom is 0.244 e. The van der Waals surface area contributed by atoms with Crippen molar-refractivity contribution in [3.63, 3.8) is 0 Å². The number of hydrogen-bond donors (Lipinski definition) is 1. The highest BCUT2D eigenvalue weighted by molar-refractivity contribution is 7.89. The number of hydrogen-bond acceptors (Lipinski definition) is 4. The van der Waals surface area contributed by atoms with E-state index in [-0.39, 0.29) is 12.6 Å². The Balaban J connectivity index is 2.92. The maximum atomic E-state index is 12.5.